The SMILES string of the molecule is O[C@H]1c2ccccc2CC[C@@H]1[C@H]1c2ccccc2-c2cncn21. The van der Waals surface area contributed by atoms with Gasteiger partial charge in [-0.25, -0.2) is 4.98 Å². The van der Waals surface area contributed by atoms with Crippen molar-refractivity contribution in [2.75, 3.05) is 0 Å². The largest absolute Gasteiger partial charge is 0.388 e. The molecule has 0 bridgehead atoms. The van der Waals surface area contributed by atoms with Crippen molar-refractivity contribution in [1.29, 1.82) is 0 Å². The Kier molecular flexibility index (Phi) is 2.73. The summed E-state index contributed by atoms with van der Waals surface area (Å²) in [5.41, 5.74) is 6.11. The lowest BCUT2D eigenvalue weighted by atomic mass is 9.76. The maximum Gasteiger partial charge on any atom is 0.0956 e. The van der Waals surface area contributed by atoms with Crippen LogP contribution in [0.5, 0.6) is 0 Å². The summed E-state index contributed by atoms with van der Waals surface area (Å²) in [7, 11) is 0. The minimum Gasteiger partial charge on any atom is -0.388 e. The van der Waals surface area contributed by atoms with Crippen molar-refractivity contribution < 1.29 is 5.11 Å². The molecule has 1 aromatic heterocycles. The summed E-state index contributed by atoms with van der Waals surface area (Å²) in [6.45, 7) is 0. The summed E-state index contributed by atoms with van der Waals surface area (Å²) in [5.74, 6) is 0.182. The Bertz CT molecular complexity index is 883. The molecule has 23 heavy (non-hydrogen) atoms. The predicted octanol–water partition coefficient (Wildman–Crippen LogP) is 3.75. The maximum absolute atomic E-state index is 11.0. The molecule has 3 heteroatoms. The van der Waals surface area contributed by atoms with Gasteiger partial charge in [-0.15, -0.1) is 0 Å². The van der Waals surface area contributed by atoms with Crippen LogP contribution in [0.2, 0.25) is 0 Å². The zero-order valence-corrected chi connectivity index (χ0v) is 12.8. The summed E-state index contributed by atoms with van der Waals surface area (Å²) in [6.07, 6.45) is 5.44. The number of aliphatic hydroxyl groups excluding tert-OH is 1. The normalized spacial score (nSPS) is 24.8. The Morgan fingerprint density at radius 3 is 2.70 bits per heavy atom. The molecule has 0 fully saturated rings. The standard InChI is InChI=1S/C20H18N2O/c23-20-14-6-2-1-5-13(14)9-10-17(20)19-16-8-4-3-7-15(16)18-11-21-12-22(18)19/h1-8,11-12,17,19-20,23H,9-10H2/t17-,19-,20+/m1/s1. The van der Waals surface area contributed by atoms with E-state index in [0.717, 1.165) is 24.1 Å². The minimum atomic E-state index is -0.425. The lowest BCUT2D eigenvalue weighted by Crippen LogP contribution is -2.28. The number of hydrogen-bond acceptors (Lipinski definition) is 2. The van der Waals surface area contributed by atoms with Crippen LogP contribution < -0.4 is 0 Å². The summed E-state index contributed by atoms with van der Waals surface area (Å²) in [6, 6.07) is 17.0. The van der Waals surface area contributed by atoms with Gasteiger partial charge in [0.1, 0.15) is 0 Å². The highest BCUT2D eigenvalue weighted by molar-refractivity contribution is 5.69. The molecular weight excluding hydrogens is 284 g/mol. The van der Waals surface area contributed by atoms with Crippen molar-refractivity contribution in [2.24, 2.45) is 5.92 Å². The summed E-state index contributed by atoms with van der Waals surface area (Å²) in [5, 5.41) is 11.0. The van der Waals surface area contributed by atoms with E-state index in [-0.39, 0.29) is 12.0 Å². The topological polar surface area (TPSA) is 38.1 Å². The highest BCUT2D eigenvalue weighted by atomic mass is 16.3. The Labute approximate surface area is 135 Å². The third kappa shape index (κ3) is 1.77. The number of aryl methyl sites for hydroxylation is 1. The summed E-state index contributed by atoms with van der Waals surface area (Å²) < 4.78 is 2.24. The fourth-order valence-electron chi connectivity index (χ4n) is 4.40. The smallest absolute Gasteiger partial charge is 0.0956 e. The van der Waals surface area contributed by atoms with E-state index in [2.05, 4.69) is 52.0 Å². The van der Waals surface area contributed by atoms with Gasteiger partial charge in [0.25, 0.3) is 0 Å². The molecule has 3 aromatic rings. The van der Waals surface area contributed by atoms with Gasteiger partial charge in [0, 0.05) is 11.5 Å². The number of hydrogen-bond donors (Lipinski definition) is 1. The number of nitrogens with zero attached hydrogens (tertiary/aromatic N) is 2. The van der Waals surface area contributed by atoms with Crippen LogP contribution in [0.25, 0.3) is 11.3 Å². The second-order valence-electron chi connectivity index (χ2n) is 6.56. The van der Waals surface area contributed by atoms with E-state index in [9.17, 15) is 5.11 Å². The van der Waals surface area contributed by atoms with Gasteiger partial charge in [-0.1, -0.05) is 48.5 Å². The van der Waals surface area contributed by atoms with E-state index in [1.165, 1.54) is 16.7 Å². The van der Waals surface area contributed by atoms with Crippen LogP contribution in [0.4, 0.5) is 0 Å². The lowest BCUT2D eigenvalue weighted by molar-refractivity contribution is 0.0720. The molecule has 2 aliphatic rings. The van der Waals surface area contributed by atoms with Crippen LogP contribution in [0.1, 0.15) is 35.3 Å². The number of aliphatic hydroxyl groups is 1. The van der Waals surface area contributed by atoms with Crippen LogP contribution in [-0.4, -0.2) is 14.7 Å². The molecule has 0 spiro atoms. The minimum absolute atomic E-state index is 0.173. The van der Waals surface area contributed by atoms with Gasteiger partial charge in [-0.2, -0.15) is 0 Å². The van der Waals surface area contributed by atoms with Crippen molar-refractivity contribution in [3.05, 3.63) is 77.7 Å². The van der Waals surface area contributed by atoms with Crippen molar-refractivity contribution in [1.82, 2.24) is 9.55 Å². The molecule has 0 unspecified atom stereocenters. The van der Waals surface area contributed by atoms with Gasteiger partial charge in [0.2, 0.25) is 0 Å². The number of imidazole rings is 1. The molecule has 3 nitrogen and oxygen atoms in total. The van der Waals surface area contributed by atoms with E-state index in [1.54, 1.807) is 0 Å². The molecule has 5 rings (SSSR count). The summed E-state index contributed by atoms with van der Waals surface area (Å²) >= 11 is 0. The van der Waals surface area contributed by atoms with Gasteiger partial charge in [-0.05, 0) is 29.5 Å². The van der Waals surface area contributed by atoms with Crippen molar-refractivity contribution in [2.45, 2.75) is 25.0 Å². The van der Waals surface area contributed by atoms with Crippen LogP contribution in [0, 0.1) is 5.92 Å². The van der Waals surface area contributed by atoms with Crippen molar-refractivity contribution in [3.63, 3.8) is 0 Å². The van der Waals surface area contributed by atoms with Crippen molar-refractivity contribution >= 4 is 0 Å². The van der Waals surface area contributed by atoms with E-state index in [4.69, 9.17) is 0 Å². The Hall–Kier alpha value is -2.39. The molecule has 114 valence electrons. The van der Waals surface area contributed by atoms with E-state index in [0.29, 0.717) is 0 Å². The second-order valence-corrected chi connectivity index (χ2v) is 6.56. The van der Waals surface area contributed by atoms with Gasteiger partial charge in [-0.3, -0.25) is 0 Å². The quantitative estimate of drug-likeness (QED) is 0.743. The number of aromatic nitrogens is 2. The molecular formula is C20H18N2O. The summed E-state index contributed by atoms with van der Waals surface area (Å²) in [4.78, 5) is 4.34. The molecule has 2 aromatic carbocycles. The molecule has 0 saturated carbocycles. The first-order valence-electron chi connectivity index (χ1n) is 8.21. The van der Waals surface area contributed by atoms with Crippen LogP contribution >= 0.6 is 0 Å². The fourth-order valence-corrected chi connectivity index (χ4v) is 4.40. The highest BCUT2D eigenvalue weighted by Gasteiger charge is 2.40. The van der Waals surface area contributed by atoms with Gasteiger partial charge >= 0.3 is 0 Å². The Balaban J connectivity index is 1.64. The van der Waals surface area contributed by atoms with Gasteiger partial charge in [0.15, 0.2) is 0 Å². The molecule has 1 N–H and O–H groups in total. The molecule has 0 amide bonds. The zero-order valence-electron chi connectivity index (χ0n) is 12.8. The first kappa shape index (κ1) is 13.1. The average Bonchev–Trinajstić information content (AvgIpc) is 3.17. The third-order valence-corrected chi connectivity index (χ3v) is 5.45. The highest BCUT2D eigenvalue weighted by Crippen LogP contribution is 2.49. The third-order valence-electron chi connectivity index (χ3n) is 5.45. The zero-order chi connectivity index (χ0) is 15.4. The first-order valence-corrected chi connectivity index (χ1v) is 8.21. The van der Waals surface area contributed by atoms with Gasteiger partial charge < -0.3 is 9.67 Å². The molecule has 1 aliphatic heterocycles. The number of fused-ring (bicyclic) bond motifs is 4. The van der Waals surface area contributed by atoms with Gasteiger partial charge in [0.05, 0.1) is 30.4 Å². The van der Waals surface area contributed by atoms with E-state index in [1.807, 2.05) is 18.6 Å². The molecule has 0 radical (unpaired) electrons. The Morgan fingerprint density at radius 1 is 1.00 bits per heavy atom. The number of benzene rings is 2. The van der Waals surface area contributed by atoms with E-state index < -0.39 is 6.10 Å². The second kappa shape index (κ2) is 4.80. The van der Waals surface area contributed by atoms with Crippen LogP contribution in [0.3, 0.4) is 0 Å². The van der Waals surface area contributed by atoms with Crippen LogP contribution in [-0.2, 0) is 6.42 Å². The monoisotopic (exact) mass is 302 g/mol. The number of rotatable bonds is 1. The molecule has 2 heterocycles. The molecule has 0 saturated heterocycles. The lowest BCUT2D eigenvalue weighted by Gasteiger charge is -2.35. The van der Waals surface area contributed by atoms with Crippen LogP contribution in [0.15, 0.2) is 61.1 Å². The fraction of sp³-hybridized carbons (Fsp3) is 0.250. The molecule has 1 aliphatic carbocycles. The van der Waals surface area contributed by atoms with Crippen molar-refractivity contribution in [3.8, 4) is 11.3 Å². The van der Waals surface area contributed by atoms with E-state index >= 15 is 0 Å². The maximum atomic E-state index is 11.0. The predicted molar refractivity (Wildman–Crippen MR) is 89.0 cm³/mol. The molecule has 3 atom stereocenters. The first-order chi connectivity index (χ1) is 11.3. The average molecular weight is 302 g/mol. The Morgan fingerprint density at radius 2 is 1.78 bits per heavy atom.